The fraction of sp³-hybridized carbons (Fsp3) is 0.0909. The van der Waals surface area contributed by atoms with Gasteiger partial charge in [-0.1, -0.05) is 151 Å². The van der Waals surface area contributed by atoms with Gasteiger partial charge in [0.15, 0.2) is 0 Å². The van der Waals surface area contributed by atoms with Crippen molar-refractivity contribution in [3.63, 3.8) is 0 Å². The lowest BCUT2D eigenvalue weighted by Crippen LogP contribution is -1.96. The lowest BCUT2D eigenvalue weighted by Gasteiger charge is -2.22. The third-order valence-electron chi connectivity index (χ3n) is 9.09. The van der Waals surface area contributed by atoms with Crippen LogP contribution in [-0.2, 0) is 6.42 Å². The molecule has 0 aliphatic rings. The van der Waals surface area contributed by atoms with Crippen LogP contribution in [0.15, 0.2) is 150 Å². The smallest absolute Gasteiger partial charge is 0.0181 e. The van der Waals surface area contributed by atoms with Crippen LogP contribution in [0.5, 0.6) is 0 Å². The van der Waals surface area contributed by atoms with E-state index < -0.39 is 0 Å². The average molecular weight is 642 g/mol. The van der Waals surface area contributed by atoms with Crippen LogP contribution in [0.2, 0.25) is 0 Å². The third kappa shape index (κ3) is 4.93. The Labute approximate surface area is 273 Å². The molecule has 0 aliphatic carbocycles. The van der Waals surface area contributed by atoms with Crippen LogP contribution in [0.25, 0.3) is 76.8 Å². The van der Waals surface area contributed by atoms with Gasteiger partial charge in [0.2, 0.25) is 0 Å². The zero-order valence-corrected chi connectivity index (χ0v) is 27.1. The van der Waals surface area contributed by atoms with Crippen molar-refractivity contribution in [2.75, 3.05) is 0 Å². The maximum atomic E-state index is 3.74. The van der Waals surface area contributed by atoms with E-state index in [0.29, 0.717) is 5.92 Å². The molecule has 0 fully saturated rings. The molecule has 0 N–H and O–H groups in total. The van der Waals surface area contributed by atoms with Crippen molar-refractivity contribution in [1.29, 1.82) is 0 Å². The van der Waals surface area contributed by atoms with Gasteiger partial charge in [-0.15, -0.1) is 0 Å². The molecule has 0 heterocycles. The Bertz CT molecular complexity index is 2310. The molecule has 0 saturated carbocycles. The van der Waals surface area contributed by atoms with Crippen molar-refractivity contribution in [2.24, 2.45) is 5.92 Å². The Morgan fingerprint density at radius 3 is 1.31 bits per heavy atom. The molecule has 0 saturated heterocycles. The molecule has 0 aromatic heterocycles. The van der Waals surface area contributed by atoms with Gasteiger partial charge in [-0.2, -0.15) is 0 Å². The summed E-state index contributed by atoms with van der Waals surface area (Å²) in [7, 11) is 0. The molecule has 45 heavy (non-hydrogen) atoms. The van der Waals surface area contributed by atoms with Gasteiger partial charge in [0.05, 0.1) is 0 Å². The van der Waals surface area contributed by atoms with Gasteiger partial charge in [0, 0.05) is 4.47 Å². The summed E-state index contributed by atoms with van der Waals surface area (Å²) in [5.74, 6) is 0.606. The zero-order chi connectivity index (χ0) is 30.5. The summed E-state index contributed by atoms with van der Waals surface area (Å²) in [6, 6.07) is 53.9. The highest BCUT2D eigenvalue weighted by molar-refractivity contribution is 9.10. The highest BCUT2D eigenvalue weighted by Crippen LogP contribution is 2.48. The van der Waals surface area contributed by atoms with Crippen molar-refractivity contribution >= 4 is 48.2 Å². The summed E-state index contributed by atoms with van der Waals surface area (Å²) < 4.78 is 1.09. The molecule has 0 unspecified atom stereocenters. The summed E-state index contributed by atoms with van der Waals surface area (Å²) in [4.78, 5) is 0. The Balaban J connectivity index is 1.54. The standard InChI is InChI=1S/C44H33Br/c1-28(2)23-29-11-9-16-32(24-29)41-26-39(30-12-5-3-6-13-30)35-19-20-36-40(31-14-7-4-8-15-31)27-42(33-17-10-18-34(45)25-33)38-22-21-37(41)43(35)44(36)38/h3-22,24-28H,23H2,1-2H3. The third-order valence-corrected chi connectivity index (χ3v) is 9.58. The molecular weight excluding hydrogens is 608 g/mol. The summed E-state index contributed by atoms with van der Waals surface area (Å²) in [5, 5.41) is 7.84. The summed E-state index contributed by atoms with van der Waals surface area (Å²) in [6.07, 6.45) is 1.07. The predicted molar refractivity (Wildman–Crippen MR) is 198 cm³/mol. The molecule has 1 heteroatoms. The number of hydrogen-bond donors (Lipinski definition) is 0. The Morgan fingerprint density at radius 2 is 0.844 bits per heavy atom. The fourth-order valence-electron chi connectivity index (χ4n) is 7.18. The minimum atomic E-state index is 0.606. The molecule has 0 amide bonds. The van der Waals surface area contributed by atoms with E-state index in [1.165, 1.54) is 82.4 Å². The molecule has 0 nitrogen and oxygen atoms in total. The lowest BCUT2D eigenvalue weighted by molar-refractivity contribution is 0.647. The SMILES string of the molecule is CC(C)Cc1cccc(-c2cc(-c3ccccc3)c3ccc4c(-c5ccccc5)cc(-c5cccc(Br)c5)c5ccc2c3c45)c1. The zero-order valence-electron chi connectivity index (χ0n) is 25.5. The lowest BCUT2D eigenvalue weighted by atomic mass is 9.82. The van der Waals surface area contributed by atoms with E-state index in [9.17, 15) is 0 Å². The Morgan fingerprint density at radius 1 is 0.422 bits per heavy atom. The van der Waals surface area contributed by atoms with E-state index in [1.54, 1.807) is 0 Å². The van der Waals surface area contributed by atoms with Crippen LogP contribution in [0.4, 0.5) is 0 Å². The predicted octanol–water partition coefficient (Wildman–Crippen LogP) is 13.2. The highest BCUT2D eigenvalue weighted by atomic mass is 79.9. The van der Waals surface area contributed by atoms with Gasteiger partial charge in [0.1, 0.15) is 0 Å². The normalized spacial score (nSPS) is 11.7. The van der Waals surface area contributed by atoms with Crippen LogP contribution < -0.4 is 0 Å². The van der Waals surface area contributed by atoms with E-state index in [2.05, 4.69) is 175 Å². The van der Waals surface area contributed by atoms with Gasteiger partial charge in [-0.3, -0.25) is 0 Å². The first kappa shape index (κ1) is 27.8. The quantitative estimate of drug-likeness (QED) is 0.159. The number of hydrogen-bond acceptors (Lipinski definition) is 0. The second kappa shape index (κ2) is 11.3. The van der Waals surface area contributed by atoms with E-state index in [1.807, 2.05) is 0 Å². The summed E-state index contributed by atoms with van der Waals surface area (Å²) >= 11 is 3.74. The van der Waals surface area contributed by atoms with E-state index in [-0.39, 0.29) is 0 Å². The first-order chi connectivity index (χ1) is 22.0. The van der Waals surface area contributed by atoms with Crippen LogP contribution in [0, 0.1) is 5.92 Å². The Kier molecular flexibility index (Phi) is 7.00. The molecule has 0 bridgehead atoms. The highest BCUT2D eigenvalue weighted by Gasteiger charge is 2.21. The molecular formula is C44H33Br. The average Bonchev–Trinajstić information content (AvgIpc) is 3.07. The molecule has 216 valence electrons. The molecule has 8 aromatic carbocycles. The fourth-order valence-corrected chi connectivity index (χ4v) is 7.58. The van der Waals surface area contributed by atoms with E-state index >= 15 is 0 Å². The number of rotatable bonds is 6. The first-order valence-corrected chi connectivity index (χ1v) is 16.6. The van der Waals surface area contributed by atoms with Crippen LogP contribution in [-0.4, -0.2) is 0 Å². The van der Waals surface area contributed by atoms with Gasteiger partial charge in [0.25, 0.3) is 0 Å². The minimum Gasteiger partial charge on any atom is -0.0625 e. The maximum absolute atomic E-state index is 3.74. The largest absolute Gasteiger partial charge is 0.0625 e. The van der Waals surface area contributed by atoms with Crippen molar-refractivity contribution in [2.45, 2.75) is 20.3 Å². The van der Waals surface area contributed by atoms with Crippen LogP contribution in [0.1, 0.15) is 19.4 Å². The first-order valence-electron chi connectivity index (χ1n) is 15.8. The monoisotopic (exact) mass is 640 g/mol. The number of halogens is 1. The van der Waals surface area contributed by atoms with Crippen molar-refractivity contribution in [3.05, 3.63) is 156 Å². The Hall–Kier alpha value is -4.72. The molecule has 0 radical (unpaired) electrons. The van der Waals surface area contributed by atoms with E-state index in [0.717, 1.165) is 10.9 Å². The summed E-state index contributed by atoms with van der Waals surface area (Å²) in [5.41, 5.74) is 11.4. The van der Waals surface area contributed by atoms with Crippen molar-refractivity contribution in [1.82, 2.24) is 0 Å². The van der Waals surface area contributed by atoms with Crippen LogP contribution >= 0.6 is 15.9 Å². The molecule has 0 spiro atoms. The molecule has 0 aliphatic heterocycles. The second-order valence-electron chi connectivity index (χ2n) is 12.6. The topological polar surface area (TPSA) is 0 Å². The molecule has 8 aromatic rings. The number of benzene rings is 8. The second-order valence-corrected chi connectivity index (χ2v) is 13.5. The van der Waals surface area contributed by atoms with Crippen molar-refractivity contribution < 1.29 is 0 Å². The molecule has 0 atom stereocenters. The molecule has 8 rings (SSSR count). The van der Waals surface area contributed by atoms with Gasteiger partial charge < -0.3 is 0 Å². The van der Waals surface area contributed by atoms with Gasteiger partial charge in [-0.25, -0.2) is 0 Å². The van der Waals surface area contributed by atoms with E-state index in [4.69, 9.17) is 0 Å². The van der Waals surface area contributed by atoms with Crippen molar-refractivity contribution in [3.8, 4) is 44.5 Å². The minimum absolute atomic E-state index is 0.606. The maximum Gasteiger partial charge on any atom is 0.0181 e. The van der Waals surface area contributed by atoms with Gasteiger partial charge in [-0.05, 0) is 119 Å². The summed E-state index contributed by atoms with van der Waals surface area (Å²) in [6.45, 7) is 4.59. The van der Waals surface area contributed by atoms with Crippen LogP contribution in [0.3, 0.4) is 0 Å². The van der Waals surface area contributed by atoms with Gasteiger partial charge >= 0.3 is 0 Å².